The molecule has 2 aliphatic rings. The topological polar surface area (TPSA) is 71.5 Å². The zero-order chi connectivity index (χ0) is 21.4. The first-order chi connectivity index (χ1) is 14.3. The van der Waals surface area contributed by atoms with Crippen molar-refractivity contribution in [3.63, 3.8) is 0 Å². The number of carbonyl (C=O) groups excluding carboxylic acids is 2. The van der Waals surface area contributed by atoms with Gasteiger partial charge in [0.15, 0.2) is 0 Å². The summed E-state index contributed by atoms with van der Waals surface area (Å²) in [6.45, 7) is 6.92. The second kappa shape index (κ2) is 7.74. The number of rotatable bonds is 2. The molecule has 1 aliphatic heterocycles. The van der Waals surface area contributed by atoms with Gasteiger partial charge >= 0.3 is 6.09 Å². The highest BCUT2D eigenvalue weighted by Gasteiger charge is 2.48. The third-order valence-corrected chi connectivity index (χ3v) is 6.11. The largest absolute Gasteiger partial charge is 0.444 e. The van der Waals surface area contributed by atoms with Crippen LogP contribution in [-0.2, 0) is 14.9 Å². The van der Waals surface area contributed by atoms with Crippen molar-refractivity contribution in [3.05, 3.63) is 59.8 Å². The third kappa shape index (κ3) is 4.04. The number of anilines is 1. The summed E-state index contributed by atoms with van der Waals surface area (Å²) in [5.74, 6) is 0.338. The number of fused-ring (bicyclic) bond motifs is 2. The van der Waals surface area contributed by atoms with Gasteiger partial charge in [-0.2, -0.15) is 0 Å². The zero-order valence-electron chi connectivity index (χ0n) is 17.9. The molecule has 0 saturated carbocycles. The van der Waals surface area contributed by atoms with Gasteiger partial charge < -0.3 is 15.0 Å². The van der Waals surface area contributed by atoms with Gasteiger partial charge in [-0.25, -0.2) is 9.78 Å². The van der Waals surface area contributed by atoms with E-state index >= 15 is 0 Å². The minimum absolute atomic E-state index is 0.0207. The van der Waals surface area contributed by atoms with Crippen LogP contribution < -0.4 is 5.32 Å². The number of amides is 2. The summed E-state index contributed by atoms with van der Waals surface area (Å²) in [7, 11) is 0. The lowest BCUT2D eigenvalue weighted by Gasteiger charge is -2.40. The number of pyridine rings is 1. The maximum atomic E-state index is 13.1. The average Bonchev–Trinajstić information content (AvgIpc) is 3.03. The highest BCUT2D eigenvalue weighted by molar-refractivity contribution is 5.96. The minimum Gasteiger partial charge on any atom is -0.444 e. The van der Waals surface area contributed by atoms with Crippen LogP contribution in [0, 0.1) is 0 Å². The van der Waals surface area contributed by atoms with E-state index in [1.165, 1.54) is 5.56 Å². The van der Waals surface area contributed by atoms with E-state index in [9.17, 15) is 9.59 Å². The van der Waals surface area contributed by atoms with Crippen molar-refractivity contribution < 1.29 is 14.3 Å². The van der Waals surface area contributed by atoms with Crippen LogP contribution in [-0.4, -0.2) is 40.6 Å². The van der Waals surface area contributed by atoms with E-state index in [1.807, 2.05) is 45.0 Å². The van der Waals surface area contributed by atoms with Crippen molar-refractivity contribution in [1.82, 2.24) is 9.88 Å². The Hall–Kier alpha value is -2.89. The Morgan fingerprint density at radius 1 is 1.10 bits per heavy atom. The maximum Gasteiger partial charge on any atom is 0.410 e. The second-order valence-corrected chi connectivity index (χ2v) is 9.30. The first kappa shape index (κ1) is 20.4. The van der Waals surface area contributed by atoms with Gasteiger partial charge in [-0.1, -0.05) is 30.3 Å². The van der Waals surface area contributed by atoms with Crippen LogP contribution in [0.15, 0.2) is 48.7 Å². The predicted molar refractivity (Wildman–Crippen MR) is 115 cm³/mol. The Kier molecular flexibility index (Phi) is 5.26. The first-order valence-electron chi connectivity index (χ1n) is 10.6. The SMILES string of the molecule is CC(C)(C)OC(=O)N1CCC2(CC1)C[C@H](C(=O)Nc1ccccn1)c1ccccc12. The van der Waals surface area contributed by atoms with Crippen LogP contribution >= 0.6 is 0 Å². The van der Waals surface area contributed by atoms with Gasteiger partial charge in [0, 0.05) is 24.7 Å². The molecule has 1 N–H and O–H groups in total. The van der Waals surface area contributed by atoms with E-state index in [0.29, 0.717) is 18.9 Å². The monoisotopic (exact) mass is 407 g/mol. The van der Waals surface area contributed by atoms with E-state index in [-0.39, 0.29) is 23.3 Å². The van der Waals surface area contributed by atoms with Crippen molar-refractivity contribution in [2.24, 2.45) is 0 Å². The molecule has 6 heteroatoms. The molecule has 0 unspecified atom stereocenters. The maximum absolute atomic E-state index is 13.1. The Morgan fingerprint density at radius 3 is 2.47 bits per heavy atom. The summed E-state index contributed by atoms with van der Waals surface area (Å²) in [6, 6.07) is 13.7. The van der Waals surface area contributed by atoms with Gasteiger partial charge in [-0.3, -0.25) is 4.79 Å². The molecule has 1 aliphatic carbocycles. The van der Waals surface area contributed by atoms with Crippen molar-refractivity contribution in [2.45, 2.75) is 57.0 Å². The Bertz CT molecular complexity index is 928. The highest BCUT2D eigenvalue weighted by Crippen LogP contribution is 2.52. The summed E-state index contributed by atoms with van der Waals surface area (Å²) >= 11 is 0. The fraction of sp³-hybridized carbons (Fsp3) is 0.458. The number of ether oxygens (including phenoxy) is 1. The van der Waals surface area contributed by atoms with Crippen molar-refractivity contribution in [2.75, 3.05) is 18.4 Å². The molecule has 158 valence electrons. The molecule has 4 rings (SSSR count). The van der Waals surface area contributed by atoms with E-state index in [1.54, 1.807) is 17.2 Å². The van der Waals surface area contributed by atoms with Crippen LogP contribution in [0.3, 0.4) is 0 Å². The molecule has 0 bridgehead atoms. The second-order valence-electron chi connectivity index (χ2n) is 9.30. The smallest absolute Gasteiger partial charge is 0.410 e. The van der Waals surface area contributed by atoms with E-state index < -0.39 is 5.60 Å². The number of carbonyl (C=O) groups is 2. The Labute approximate surface area is 177 Å². The lowest BCUT2D eigenvalue weighted by molar-refractivity contribution is -0.117. The summed E-state index contributed by atoms with van der Waals surface area (Å²) in [4.78, 5) is 31.6. The Morgan fingerprint density at radius 2 is 1.80 bits per heavy atom. The molecule has 1 aromatic heterocycles. The molecule has 30 heavy (non-hydrogen) atoms. The van der Waals surface area contributed by atoms with Gasteiger partial charge in [0.1, 0.15) is 11.4 Å². The number of likely N-dealkylation sites (tertiary alicyclic amines) is 1. The van der Waals surface area contributed by atoms with Gasteiger partial charge in [0.05, 0.1) is 5.92 Å². The van der Waals surface area contributed by atoms with Gasteiger partial charge in [-0.05, 0) is 63.3 Å². The van der Waals surface area contributed by atoms with E-state index in [4.69, 9.17) is 4.74 Å². The standard InChI is InChI=1S/C24H29N3O3/c1-23(2,3)30-22(29)27-14-11-24(12-15-27)16-18(17-8-4-5-9-19(17)24)21(28)26-20-10-6-7-13-25-20/h4-10,13,18H,11-12,14-16H2,1-3H3,(H,25,26,28)/t18-/m0/s1. The predicted octanol–water partition coefficient (Wildman–Crippen LogP) is 4.48. The number of hydrogen-bond donors (Lipinski definition) is 1. The number of piperidine rings is 1. The molecule has 2 amide bonds. The lowest BCUT2D eigenvalue weighted by atomic mass is 9.73. The quantitative estimate of drug-likeness (QED) is 0.797. The average molecular weight is 408 g/mol. The van der Waals surface area contributed by atoms with E-state index in [0.717, 1.165) is 24.8 Å². The zero-order valence-corrected chi connectivity index (χ0v) is 17.9. The summed E-state index contributed by atoms with van der Waals surface area (Å²) in [5, 5.41) is 2.96. The van der Waals surface area contributed by atoms with Crippen molar-refractivity contribution in [3.8, 4) is 0 Å². The highest BCUT2D eigenvalue weighted by atomic mass is 16.6. The first-order valence-corrected chi connectivity index (χ1v) is 10.6. The summed E-state index contributed by atoms with van der Waals surface area (Å²) in [5.41, 5.74) is 1.76. The number of nitrogens with one attached hydrogen (secondary N) is 1. The van der Waals surface area contributed by atoms with Crippen LogP contribution in [0.4, 0.5) is 10.6 Å². The van der Waals surface area contributed by atoms with E-state index in [2.05, 4.69) is 22.4 Å². The Balaban J connectivity index is 1.50. The molecule has 1 atom stereocenters. The molecule has 2 aromatic rings. The summed E-state index contributed by atoms with van der Waals surface area (Å²) < 4.78 is 5.54. The molecular weight excluding hydrogens is 378 g/mol. The summed E-state index contributed by atoms with van der Waals surface area (Å²) in [6.07, 6.45) is 3.83. The molecule has 1 saturated heterocycles. The molecule has 1 fully saturated rings. The number of benzene rings is 1. The number of hydrogen-bond acceptors (Lipinski definition) is 4. The van der Waals surface area contributed by atoms with Gasteiger partial charge in [0.2, 0.25) is 5.91 Å². The molecule has 1 aromatic carbocycles. The van der Waals surface area contributed by atoms with Gasteiger partial charge in [0.25, 0.3) is 0 Å². The fourth-order valence-corrected chi connectivity index (χ4v) is 4.70. The lowest BCUT2D eigenvalue weighted by Crippen LogP contribution is -2.46. The minimum atomic E-state index is -0.499. The van der Waals surface area contributed by atoms with Crippen LogP contribution in [0.2, 0.25) is 0 Å². The molecular formula is C24H29N3O3. The van der Waals surface area contributed by atoms with Crippen LogP contribution in [0.5, 0.6) is 0 Å². The van der Waals surface area contributed by atoms with Crippen molar-refractivity contribution in [1.29, 1.82) is 0 Å². The number of nitrogens with zero attached hydrogens (tertiary/aromatic N) is 2. The molecule has 1 spiro atoms. The van der Waals surface area contributed by atoms with Crippen molar-refractivity contribution >= 4 is 17.8 Å². The van der Waals surface area contributed by atoms with Crippen LogP contribution in [0.25, 0.3) is 0 Å². The third-order valence-electron chi connectivity index (χ3n) is 6.11. The molecule has 6 nitrogen and oxygen atoms in total. The van der Waals surface area contributed by atoms with Gasteiger partial charge in [-0.15, -0.1) is 0 Å². The normalized spacial score (nSPS) is 20.0. The fourth-order valence-electron chi connectivity index (χ4n) is 4.70. The molecule has 0 radical (unpaired) electrons. The van der Waals surface area contributed by atoms with Crippen LogP contribution in [0.1, 0.15) is 57.1 Å². The number of aromatic nitrogens is 1. The molecule has 2 heterocycles.